The normalized spacial score (nSPS) is 17.8. The van der Waals surface area contributed by atoms with Crippen molar-refractivity contribution in [2.75, 3.05) is 16.8 Å². The molecule has 6 heteroatoms. The van der Waals surface area contributed by atoms with Crippen LogP contribution in [0.3, 0.4) is 0 Å². The molecule has 1 aliphatic heterocycles. The standard InChI is InChI=1S/C16H17N3O2S/c1-10-3-5-13(6-4-10)19-9-12(7-14(19)20)15(21)18-16-17-8-11(2)22-16/h3-6,8,12H,7,9H2,1-2H3,(H,17,18,21)/t12-/m0/s1. The Hall–Kier alpha value is -2.21. The van der Waals surface area contributed by atoms with Crippen molar-refractivity contribution >= 4 is 34.0 Å². The van der Waals surface area contributed by atoms with E-state index in [1.54, 1.807) is 11.1 Å². The van der Waals surface area contributed by atoms with Crippen LogP contribution < -0.4 is 10.2 Å². The van der Waals surface area contributed by atoms with Crippen molar-refractivity contribution in [3.63, 3.8) is 0 Å². The molecule has 114 valence electrons. The highest BCUT2D eigenvalue weighted by Crippen LogP contribution is 2.27. The molecule has 2 amide bonds. The summed E-state index contributed by atoms with van der Waals surface area (Å²) in [4.78, 5) is 31.3. The van der Waals surface area contributed by atoms with Gasteiger partial charge in [0.15, 0.2) is 5.13 Å². The fourth-order valence-electron chi connectivity index (χ4n) is 2.48. The van der Waals surface area contributed by atoms with Crippen molar-refractivity contribution in [3.05, 3.63) is 40.9 Å². The van der Waals surface area contributed by atoms with Crippen LogP contribution in [0.25, 0.3) is 0 Å². The monoisotopic (exact) mass is 315 g/mol. The minimum absolute atomic E-state index is 0.0145. The molecule has 1 saturated heterocycles. The van der Waals surface area contributed by atoms with Gasteiger partial charge in [-0.1, -0.05) is 17.7 Å². The van der Waals surface area contributed by atoms with Crippen molar-refractivity contribution < 1.29 is 9.59 Å². The van der Waals surface area contributed by atoms with E-state index in [0.29, 0.717) is 11.7 Å². The minimum Gasteiger partial charge on any atom is -0.312 e. The Morgan fingerprint density at radius 1 is 1.32 bits per heavy atom. The van der Waals surface area contributed by atoms with Crippen LogP contribution in [0.5, 0.6) is 0 Å². The van der Waals surface area contributed by atoms with Gasteiger partial charge in [-0.3, -0.25) is 9.59 Å². The molecular formula is C16H17N3O2S. The van der Waals surface area contributed by atoms with Gasteiger partial charge in [-0.15, -0.1) is 11.3 Å². The average molecular weight is 315 g/mol. The molecule has 0 aliphatic carbocycles. The molecule has 1 atom stereocenters. The van der Waals surface area contributed by atoms with E-state index in [2.05, 4.69) is 10.3 Å². The third-order valence-corrected chi connectivity index (χ3v) is 4.52. The molecule has 5 nitrogen and oxygen atoms in total. The van der Waals surface area contributed by atoms with E-state index in [4.69, 9.17) is 0 Å². The molecule has 0 unspecified atom stereocenters. The quantitative estimate of drug-likeness (QED) is 0.947. The van der Waals surface area contributed by atoms with E-state index >= 15 is 0 Å². The highest BCUT2D eigenvalue weighted by molar-refractivity contribution is 7.15. The van der Waals surface area contributed by atoms with Crippen LogP contribution in [0.4, 0.5) is 10.8 Å². The van der Waals surface area contributed by atoms with Crippen LogP contribution in [0.2, 0.25) is 0 Å². The predicted molar refractivity (Wildman–Crippen MR) is 87.1 cm³/mol. The third kappa shape index (κ3) is 3.01. The largest absolute Gasteiger partial charge is 0.312 e. The fourth-order valence-corrected chi connectivity index (χ4v) is 3.14. The van der Waals surface area contributed by atoms with E-state index in [1.165, 1.54) is 11.3 Å². The zero-order valence-corrected chi connectivity index (χ0v) is 13.3. The molecule has 1 fully saturated rings. The van der Waals surface area contributed by atoms with Crippen molar-refractivity contribution in [1.82, 2.24) is 4.98 Å². The maximum absolute atomic E-state index is 12.3. The Bertz CT molecular complexity index is 708. The number of anilines is 2. The molecule has 0 bridgehead atoms. The number of aromatic nitrogens is 1. The molecule has 3 rings (SSSR count). The highest BCUT2D eigenvalue weighted by atomic mass is 32.1. The number of nitrogens with zero attached hydrogens (tertiary/aromatic N) is 2. The Morgan fingerprint density at radius 3 is 2.68 bits per heavy atom. The van der Waals surface area contributed by atoms with Crippen molar-refractivity contribution in [3.8, 4) is 0 Å². The zero-order chi connectivity index (χ0) is 15.7. The molecule has 0 spiro atoms. The SMILES string of the molecule is Cc1ccc(N2C[C@@H](C(=O)Nc3ncc(C)s3)CC2=O)cc1. The number of rotatable bonds is 3. The van der Waals surface area contributed by atoms with E-state index in [1.807, 2.05) is 38.1 Å². The first-order valence-electron chi connectivity index (χ1n) is 7.13. The second kappa shape index (κ2) is 5.88. The summed E-state index contributed by atoms with van der Waals surface area (Å²) in [5, 5.41) is 3.38. The first kappa shape index (κ1) is 14.7. The predicted octanol–water partition coefficient (Wildman–Crippen LogP) is 2.75. The summed E-state index contributed by atoms with van der Waals surface area (Å²) in [7, 11) is 0. The summed E-state index contributed by atoms with van der Waals surface area (Å²) in [5.41, 5.74) is 1.99. The van der Waals surface area contributed by atoms with Gasteiger partial charge in [0, 0.05) is 29.7 Å². The summed E-state index contributed by atoms with van der Waals surface area (Å²) >= 11 is 1.43. The van der Waals surface area contributed by atoms with Crippen LogP contribution >= 0.6 is 11.3 Å². The molecule has 0 saturated carbocycles. The van der Waals surface area contributed by atoms with E-state index < -0.39 is 0 Å². The molecule has 2 aromatic rings. The molecule has 1 aromatic carbocycles. The van der Waals surface area contributed by atoms with Gasteiger partial charge >= 0.3 is 0 Å². The number of carbonyl (C=O) groups excluding carboxylic acids is 2. The van der Waals surface area contributed by atoms with Crippen molar-refractivity contribution in [2.24, 2.45) is 5.92 Å². The summed E-state index contributed by atoms with van der Waals surface area (Å²) in [6, 6.07) is 7.76. The number of nitrogens with one attached hydrogen (secondary N) is 1. The number of benzene rings is 1. The number of hydrogen-bond donors (Lipinski definition) is 1. The average Bonchev–Trinajstić information content (AvgIpc) is 3.06. The number of thiazole rings is 1. The summed E-state index contributed by atoms with van der Waals surface area (Å²) in [5.74, 6) is -0.491. The second-order valence-electron chi connectivity index (χ2n) is 5.51. The van der Waals surface area contributed by atoms with Crippen molar-refractivity contribution in [1.29, 1.82) is 0 Å². The number of aryl methyl sites for hydroxylation is 2. The smallest absolute Gasteiger partial charge is 0.231 e. The van der Waals surface area contributed by atoms with Gasteiger partial charge in [0.2, 0.25) is 11.8 Å². The highest BCUT2D eigenvalue weighted by Gasteiger charge is 2.35. The molecular weight excluding hydrogens is 298 g/mol. The van der Waals surface area contributed by atoms with Crippen LogP contribution in [0.1, 0.15) is 16.9 Å². The minimum atomic E-state index is -0.335. The zero-order valence-electron chi connectivity index (χ0n) is 12.5. The molecule has 22 heavy (non-hydrogen) atoms. The van der Waals surface area contributed by atoms with Gasteiger partial charge in [0.1, 0.15) is 0 Å². The van der Waals surface area contributed by atoms with Crippen LogP contribution in [0, 0.1) is 19.8 Å². The van der Waals surface area contributed by atoms with Crippen LogP contribution in [-0.4, -0.2) is 23.3 Å². The fraction of sp³-hybridized carbons (Fsp3) is 0.312. The summed E-state index contributed by atoms with van der Waals surface area (Å²) < 4.78 is 0. The number of amides is 2. The topological polar surface area (TPSA) is 62.3 Å². The molecule has 2 heterocycles. The van der Waals surface area contributed by atoms with E-state index in [-0.39, 0.29) is 24.2 Å². The molecule has 0 radical (unpaired) electrons. The molecule has 1 N–H and O–H groups in total. The third-order valence-electron chi connectivity index (χ3n) is 3.69. The second-order valence-corrected chi connectivity index (χ2v) is 6.74. The lowest BCUT2D eigenvalue weighted by atomic mass is 10.1. The lowest BCUT2D eigenvalue weighted by molar-refractivity contribution is -0.122. The lowest BCUT2D eigenvalue weighted by Crippen LogP contribution is -2.28. The molecule has 1 aromatic heterocycles. The van der Waals surface area contributed by atoms with E-state index in [9.17, 15) is 9.59 Å². The van der Waals surface area contributed by atoms with Gasteiger partial charge in [-0.05, 0) is 26.0 Å². The molecule has 1 aliphatic rings. The maximum atomic E-state index is 12.3. The Morgan fingerprint density at radius 2 is 2.05 bits per heavy atom. The van der Waals surface area contributed by atoms with Gasteiger partial charge in [0.05, 0.1) is 5.92 Å². The number of carbonyl (C=O) groups is 2. The Balaban J connectivity index is 1.68. The first-order valence-corrected chi connectivity index (χ1v) is 7.95. The summed E-state index contributed by atoms with van der Waals surface area (Å²) in [6.45, 7) is 4.35. The number of hydrogen-bond acceptors (Lipinski definition) is 4. The lowest BCUT2D eigenvalue weighted by Gasteiger charge is -2.16. The van der Waals surface area contributed by atoms with Crippen molar-refractivity contribution in [2.45, 2.75) is 20.3 Å². The van der Waals surface area contributed by atoms with Gasteiger partial charge in [-0.2, -0.15) is 0 Å². The summed E-state index contributed by atoms with van der Waals surface area (Å²) in [6.07, 6.45) is 1.96. The van der Waals surface area contributed by atoms with Gasteiger partial charge in [-0.25, -0.2) is 4.98 Å². The Kier molecular flexibility index (Phi) is 3.94. The van der Waals surface area contributed by atoms with Crippen LogP contribution in [0.15, 0.2) is 30.5 Å². The van der Waals surface area contributed by atoms with Gasteiger partial charge < -0.3 is 10.2 Å². The van der Waals surface area contributed by atoms with E-state index in [0.717, 1.165) is 16.1 Å². The van der Waals surface area contributed by atoms with Crippen LogP contribution in [-0.2, 0) is 9.59 Å². The maximum Gasteiger partial charge on any atom is 0.231 e. The first-order chi connectivity index (χ1) is 10.5. The van der Waals surface area contributed by atoms with Gasteiger partial charge in [0.25, 0.3) is 0 Å². The Labute approximate surface area is 133 Å².